The van der Waals surface area contributed by atoms with Crippen LogP contribution >= 0.6 is 0 Å². The minimum atomic E-state index is 0.556. The predicted molar refractivity (Wildman–Crippen MR) is 77.6 cm³/mol. The summed E-state index contributed by atoms with van der Waals surface area (Å²) in [5.41, 5.74) is 9.88. The van der Waals surface area contributed by atoms with Crippen LogP contribution in [-0.2, 0) is 6.42 Å². The molecule has 0 saturated carbocycles. The number of para-hydroxylation sites is 1. The molecule has 0 spiro atoms. The normalized spacial score (nSPS) is 10.8. The highest BCUT2D eigenvalue weighted by atomic mass is 14.8. The first-order chi connectivity index (χ1) is 9.29. The largest absolute Gasteiger partial charge is 0.384 e. The molecule has 0 unspecified atom stereocenters. The molecule has 0 aliphatic carbocycles. The number of aryl methyl sites for hydroxylation is 1. The number of pyridine rings is 2. The molecule has 2 aromatic heterocycles. The molecule has 0 atom stereocenters. The number of benzene rings is 1. The number of rotatable bonds is 2. The summed E-state index contributed by atoms with van der Waals surface area (Å²) in [5, 5.41) is 1.11. The third-order valence-electron chi connectivity index (χ3n) is 3.20. The van der Waals surface area contributed by atoms with Crippen molar-refractivity contribution in [3.05, 3.63) is 54.4 Å². The second kappa shape index (κ2) is 4.69. The smallest absolute Gasteiger partial charge is 0.123 e. The quantitative estimate of drug-likeness (QED) is 0.757. The summed E-state index contributed by atoms with van der Waals surface area (Å²) in [7, 11) is 0. The van der Waals surface area contributed by atoms with Crippen LogP contribution in [0, 0.1) is 6.20 Å². The first-order valence-corrected chi connectivity index (χ1v) is 6.31. The number of hydrogen-bond acceptors (Lipinski definition) is 3. The Labute approximate surface area is 112 Å². The lowest BCUT2D eigenvalue weighted by Gasteiger charge is -2.10. The van der Waals surface area contributed by atoms with Gasteiger partial charge in [-0.25, -0.2) is 9.97 Å². The monoisotopic (exact) mass is 248 g/mol. The average Bonchev–Trinajstić information content (AvgIpc) is 2.46. The zero-order chi connectivity index (χ0) is 13.2. The number of nitrogens with zero attached hydrogens (tertiary/aromatic N) is 2. The molecular formula is C16H14N3. The molecule has 3 rings (SSSR count). The highest BCUT2D eigenvalue weighted by molar-refractivity contribution is 5.94. The molecule has 0 bridgehead atoms. The van der Waals surface area contributed by atoms with E-state index in [0.717, 1.165) is 34.1 Å². The zero-order valence-corrected chi connectivity index (χ0v) is 10.7. The lowest BCUT2D eigenvalue weighted by atomic mass is 9.99. The number of fused-ring (bicyclic) bond motifs is 1. The average molecular weight is 248 g/mol. The van der Waals surface area contributed by atoms with E-state index < -0.39 is 0 Å². The Bertz CT molecular complexity index is 730. The molecule has 2 N–H and O–H groups in total. The van der Waals surface area contributed by atoms with Gasteiger partial charge in [-0.05, 0) is 24.6 Å². The van der Waals surface area contributed by atoms with Gasteiger partial charge in [0.1, 0.15) is 5.82 Å². The molecule has 0 aliphatic rings. The van der Waals surface area contributed by atoms with E-state index in [1.54, 1.807) is 0 Å². The van der Waals surface area contributed by atoms with Crippen LogP contribution in [0.15, 0.2) is 42.5 Å². The van der Waals surface area contributed by atoms with Gasteiger partial charge < -0.3 is 5.73 Å². The highest BCUT2D eigenvalue weighted by Crippen LogP contribution is 2.29. The van der Waals surface area contributed by atoms with Crippen molar-refractivity contribution in [1.82, 2.24) is 9.97 Å². The Morgan fingerprint density at radius 3 is 2.84 bits per heavy atom. The summed E-state index contributed by atoms with van der Waals surface area (Å²) in [6.45, 7) is 2.08. The topological polar surface area (TPSA) is 51.8 Å². The standard InChI is InChI=1S/C16H14N3/c1-2-14-12(8-9-15(17)19-14)13-7-3-5-11-6-4-10-18-16(11)13/h3-9H,2H2,1H3,(H2,17,19). The van der Waals surface area contributed by atoms with Crippen LogP contribution < -0.4 is 5.73 Å². The molecule has 0 fully saturated rings. The maximum atomic E-state index is 5.76. The molecule has 1 aromatic carbocycles. The van der Waals surface area contributed by atoms with Crippen molar-refractivity contribution in [2.45, 2.75) is 13.3 Å². The van der Waals surface area contributed by atoms with Gasteiger partial charge in [-0.2, -0.15) is 0 Å². The van der Waals surface area contributed by atoms with E-state index in [1.165, 1.54) is 0 Å². The second-order valence-electron chi connectivity index (χ2n) is 4.40. The summed E-state index contributed by atoms with van der Waals surface area (Å²) >= 11 is 0. The van der Waals surface area contributed by atoms with E-state index in [4.69, 9.17) is 5.73 Å². The van der Waals surface area contributed by atoms with E-state index in [0.29, 0.717) is 5.82 Å². The van der Waals surface area contributed by atoms with Gasteiger partial charge in [0, 0.05) is 16.5 Å². The fourth-order valence-corrected chi connectivity index (χ4v) is 2.30. The van der Waals surface area contributed by atoms with Crippen molar-refractivity contribution in [2.75, 3.05) is 5.73 Å². The van der Waals surface area contributed by atoms with Gasteiger partial charge in [0.05, 0.1) is 17.4 Å². The van der Waals surface area contributed by atoms with Crippen LogP contribution in [-0.4, -0.2) is 9.97 Å². The fraction of sp³-hybridized carbons (Fsp3) is 0.125. The van der Waals surface area contributed by atoms with Crippen LogP contribution in [0.2, 0.25) is 0 Å². The first kappa shape index (κ1) is 11.7. The van der Waals surface area contributed by atoms with Gasteiger partial charge in [-0.15, -0.1) is 0 Å². The fourth-order valence-electron chi connectivity index (χ4n) is 2.30. The molecular weight excluding hydrogens is 234 g/mol. The zero-order valence-electron chi connectivity index (χ0n) is 10.7. The molecule has 3 nitrogen and oxygen atoms in total. The summed E-state index contributed by atoms with van der Waals surface area (Å²) in [6, 6.07) is 13.8. The number of nitrogen functional groups attached to an aromatic ring is 1. The maximum Gasteiger partial charge on any atom is 0.123 e. The molecule has 3 aromatic rings. The van der Waals surface area contributed by atoms with Gasteiger partial charge in [-0.3, -0.25) is 0 Å². The Morgan fingerprint density at radius 2 is 2.00 bits per heavy atom. The Balaban J connectivity index is 2.30. The van der Waals surface area contributed by atoms with E-state index in [9.17, 15) is 0 Å². The maximum absolute atomic E-state index is 5.76. The van der Waals surface area contributed by atoms with Crippen LogP contribution in [0.5, 0.6) is 0 Å². The molecule has 3 heteroatoms. The Kier molecular flexibility index (Phi) is 2.88. The molecule has 0 aliphatic heterocycles. The summed E-state index contributed by atoms with van der Waals surface area (Å²) < 4.78 is 0. The molecule has 1 radical (unpaired) electrons. The summed E-state index contributed by atoms with van der Waals surface area (Å²) in [4.78, 5) is 8.79. The van der Waals surface area contributed by atoms with Crippen molar-refractivity contribution in [1.29, 1.82) is 0 Å². The number of anilines is 1. The lowest BCUT2D eigenvalue weighted by molar-refractivity contribution is 1.05. The van der Waals surface area contributed by atoms with Gasteiger partial charge in [0.25, 0.3) is 0 Å². The van der Waals surface area contributed by atoms with Crippen molar-refractivity contribution in [2.24, 2.45) is 0 Å². The van der Waals surface area contributed by atoms with E-state index in [-0.39, 0.29) is 0 Å². The molecule has 93 valence electrons. The highest BCUT2D eigenvalue weighted by Gasteiger charge is 2.09. The van der Waals surface area contributed by atoms with Crippen LogP contribution in [0.3, 0.4) is 0 Å². The van der Waals surface area contributed by atoms with E-state index in [2.05, 4.69) is 35.2 Å². The van der Waals surface area contributed by atoms with Crippen LogP contribution in [0.4, 0.5) is 5.82 Å². The van der Waals surface area contributed by atoms with Crippen molar-refractivity contribution >= 4 is 16.7 Å². The first-order valence-electron chi connectivity index (χ1n) is 6.31. The summed E-state index contributed by atoms with van der Waals surface area (Å²) in [6.07, 6.45) is 3.74. The SMILES string of the molecule is CCc1nc(N)ccc1-c1cccc2cc[c]nc12. The molecule has 0 saturated heterocycles. The molecule has 0 amide bonds. The minimum absolute atomic E-state index is 0.556. The second-order valence-corrected chi connectivity index (χ2v) is 4.40. The van der Waals surface area contributed by atoms with Gasteiger partial charge in [0.2, 0.25) is 0 Å². The van der Waals surface area contributed by atoms with Gasteiger partial charge in [-0.1, -0.05) is 31.2 Å². The number of hydrogen-bond donors (Lipinski definition) is 1. The molecule has 19 heavy (non-hydrogen) atoms. The third kappa shape index (κ3) is 2.03. The summed E-state index contributed by atoms with van der Waals surface area (Å²) in [5.74, 6) is 0.556. The third-order valence-corrected chi connectivity index (χ3v) is 3.20. The van der Waals surface area contributed by atoms with Gasteiger partial charge in [0.15, 0.2) is 0 Å². The Morgan fingerprint density at radius 1 is 1.11 bits per heavy atom. The van der Waals surface area contributed by atoms with E-state index in [1.807, 2.05) is 30.3 Å². The van der Waals surface area contributed by atoms with Crippen molar-refractivity contribution in [3.8, 4) is 11.1 Å². The van der Waals surface area contributed by atoms with E-state index >= 15 is 0 Å². The number of aromatic nitrogens is 2. The van der Waals surface area contributed by atoms with Crippen molar-refractivity contribution < 1.29 is 0 Å². The minimum Gasteiger partial charge on any atom is -0.384 e. The predicted octanol–water partition coefficient (Wildman–Crippen LogP) is 3.24. The molecule has 2 heterocycles. The van der Waals surface area contributed by atoms with Gasteiger partial charge >= 0.3 is 0 Å². The Hall–Kier alpha value is -2.42. The number of nitrogens with two attached hydrogens (primary N) is 1. The lowest BCUT2D eigenvalue weighted by Crippen LogP contribution is -1.98. The van der Waals surface area contributed by atoms with Crippen LogP contribution in [0.1, 0.15) is 12.6 Å². The van der Waals surface area contributed by atoms with Crippen LogP contribution in [0.25, 0.3) is 22.0 Å². The van der Waals surface area contributed by atoms with Crippen molar-refractivity contribution in [3.63, 3.8) is 0 Å².